The number of benzene rings is 1. The summed E-state index contributed by atoms with van der Waals surface area (Å²) in [5, 5.41) is 18.0. The van der Waals surface area contributed by atoms with Crippen molar-refractivity contribution in [3.8, 4) is 11.8 Å². The number of aromatic amines is 1. The summed E-state index contributed by atoms with van der Waals surface area (Å²) in [6.45, 7) is 0. The topological polar surface area (TPSA) is 71.8 Å². The number of thiol groups is 1. The molecular formula is C10H7N3O2S. The summed E-state index contributed by atoms with van der Waals surface area (Å²) < 4.78 is 0. The molecule has 0 unspecified atom stereocenters. The zero-order valence-corrected chi connectivity index (χ0v) is 8.99. The van der Waals surface area contributed by atoms with Crippen molar-refractivity contribution in [3.05, 3.63) is 34.0 Å². The van der Waals surface area contributed by atoms with Crippen LogP contribution in [0.2, 0.25) is 0 Å². The molecule has 2 aromatic rings. The van der Waals surface area contributed by atoms with Crippen LogP contribution in [-0.4, -0.2) is 20.9 Å². The quantitative estimate of drug-likeness (QED) is 0.341. The van der Waals surface area contributed by atoms with Crippen LogP contribution in [0.4, 0.5) is 5.69 Å². The van der Waals surface area contributed by atoms with Gasteiger partial charge in [-0.15, -0.1) is 0 Å². The van der Waals surface area contributed by atoms with Gasteiger partial charge in [0.2, 0.25) is 0 Å². The smallest absolute Gasteiger partial charge is 0.269 e. The van der Waals surface area contributed by atoms with Gasteiger partial charge in [-0.05, 0) is 12.0 Å². The molecule has 1 aromatic carbocycles. The zero-order valence-electron chi connectivity index (χ0n) is 8.10. The second kappa shape index (κ2) is 4.24. The van der Waals surface area contributed by atoms with Gasteiger partial charge in [0.05, 0.1) is 16.2 Å². The van der Waals surface area contributed by atoms with E-state index in [1.807, 2.05) is 0 Å². The van der Waals surface area contributed by atoms with Crippen LogP contribution in [0.3, 0.4) is 0 Å². The Kier molecular flexibility index (Phi) is 2.79. The second-order valence-corrected chi connectivity index (χ2v) is 3.33. The van der Waals surface area contributed by atoms with E-state index in [1.54, 1.807) is 6.07 Å². The van der Waals surface area contributed by atoms with E-state index in [-0.39, 0.29) is 5.69 Å². The fraction of sp³-hybridized carbons (Fsp3) is 0.100. The number of non-ortho nitro benzene ring substituents is 1. The number of nitro groups is 1. The molecule has 0 amide bonds. The lowest BCUT2D eigenvalue weighted by Crippen LogP contribution is -1.86. The van der Waals surface area contributed by atoms with Gasteiger partial charge in [0.1, 0.15) is 5.69 Å². The molecule has 0 aliphatic rings. The highest BCUT2D eigenvalue weighted by Gasteiger charge is 2.10. The normalized spacial score (nSPS) is 9.81. The summed E-state index contributed by atoms with van der Waals surface area (Å²) in [5.74, 6) is 6.01. The molecule has 0 fully saturated rings. The van der Waals surface area contributed by atoms with Gasteiger partial charge in [-0.25, -0.2) is 0 Å². The van der Waals surface area contributed by atoms with Gasteiger partial charge in [0, 0.05) is 17.5 Å². The molecule has 0 atom stereocenters. The molecule has 0 bridgehead atoms. The van der Waals surface area contributed by atoms with Crippen molar-refractivity contribution in [3.63, 3.8) is 0 Å². The fourth-order valence-corrected chi connectivity index (χ4v) is 1.41. The van der Waals surface area contributed by atoms with Crippen LogP contribution in [-0.2, 0) is 0 Å². The van der Waals surface area contributed by atoms with Crippen molar-refractivity contribution in [2.24, 2.45) is 0 Å². The van der Waals surface area contributed by atoms with Crippen LogP contribution < -0.4 is 0 Å². The Balaban J connectivity index is 2.60. The predicted molar refractivity (Wildman–Crippen MR) is 63.5 cm³/mol. The first kappa shape index (κ1) is 10.5. The van der Waals surface area contributed by atoms with Crippen molar-refractivity contribution in [2.45, 2.75) is 0 Å². The molecule has 2 rings (SSSR count). The molecule has 6 heteroatoms. The molecular weight excluding hydrogens is 226 g/mol. The summed E-state index contributed by atoms with van der Waals surface area (Å²) in [7, 11) is 0. The number of rotatable bonds is 1. The number of aromatic nitrogens is 2. The average Bonchev–Trinajstić information content (AvgIpc) is 2.68. The molecule has 0 aliphatic carbocycles. The Bertz CT molecular complexity index is 609. The lowest BCUT2D eigenvalue weighted by atomic mass is 10.2. The van der Waals surface area contributed by atoms with E-state index in [2.05, 4.69) is 34.7 Å². The molecule has 1 N–H and O–H groups in total. The van der Waals surface area contributed by atoms with Gasteiger partial charge in [-0.1, -0.05) is 5.92 Å². The van der Waals surface area contributed by atoms with Crippen LogP contribution in [0, 0.1) is 22.0 Å². The van der Waals surface area contributed by atoms with E-state index in [0.29, 0.717) is 22.3 Å². The maximum absolute atomic E-state index is 10.6. The third-order valence-corrected chi connectivity index (χ3v) is 2.20. The fourth-order valence-electron chi connectivity index (χ4n) is 1.33. The Labute approximate surface area is 96.4 Å². The molecule has 0 aliphatic heterocycles. The molecule has 1 heterocycles. The lowest BCUT2D eigenvalue weighted by molar-refractivity contribution is -0.384. The number of nitrogens with one attached hydrogen (secondary N) is 1. The van der Waals surface area contributed by atoms with Crippen LogP contribution in [0.1, 0.15) is 5.69 Å². The third kappa shape index (κ3) is 1.85. The zero-order chi connectivity index (χ0) is 11.5. The summed E-state index contributed by atoms with van der Waals surface area (Å²) in [4.78, 5) is 10.2. The maximum Gasteiger partial charge on any atom is 0.270 e. The van der Waals surface area contributed by atoms with E-state index >= 15 is 0 Å². The predicted octanol–water partition coefficient (Wildman–Crippen LogP) is 1.75. The first-order valence-electron chi connectivity index (χ1n) is 4.44. The monoisotopic (exact) mass is 233 g/mol. The Morgan fingerprint density at radius 1 is 1.56 bits per heavy atom. The highest BCUT2D eigenvalue weighted by atomic mass is 32.1. The van der Waals surface area contributed by atoms with Crippen molar-refractivity contribution >= 4 is 29.2 Å². The van der Waals surface area contributed by atoms with E-state index < -0.39 is 4.92 Å². The van der Waals surface area contributed by atoms with Crippen LogP contribution >= 0.6 is 12.6 Å². The van der Waals surface area contributed by atoms with Gasteiger partial charge in [-0.3, -0.25) is 15.2 Å². The molecule has 80 valence electrons. The molecule has 0 saturated heterocycles. The Morgan fingerprint density at radius 2 is 2.38 bits per heavy atom. The van der Waals surface area contributed by atoms with Crippen molar-refractivity contribution in [1.29, 1.82) is 0 Å². The minimum absolute atomic E-state index is 0.0304. The number of hydrogen-bond donors (Lipinski definition) is 2. The van der Waals surface area contributed by atoms with Crippen LogP contribution in [0.5, 0.6) is 0 Å². The largest absolute Gasteiger partial charge is 0.270 e. The average molecular weight is 233 g/mol. The minimum Gasteiger partial charge on any atom is -0.269 e. The van der Waals surface area contributed by atoms with E-state index in [4.69, 9.17) is 0 Å². The van der Waals surface area contributed by atoms with Gasteiger partial charge in [0.15, 0.2) is 0 Å². The SMILES string of the molecule is O=[N+]([O-])c1ccc2n[nH]c(C#CCS)c2c1. The van der Waals surface area contributed by atoms with Crippen LogP contribution in [0.25, 0.3) is 10.9 Å². The van der Waals surface area contributed by atoms with E-state index in [1.165, 1.54) is 12.1 Å². The first-order chi connectivity index (χ1) is 7.72. The van der Waals surface area contributed by atoms with Crippen molar-refractivity contribution in [1.82, 2.24) is 10.2 Å². The first-order valence-corrected chi connectivity index (χ1v) is 5.08. The van der Waals surface area contributed by atoms with Crippen molar-refractivity contribution in [2.75, 3.05) is 5.75 Å². The van der Waals surface area contributed by atoms with Crippen LogP contribution in [0.15, 0.2) is 18.2 Å². The highest BCUT2D eigenvalue weighted by molar-refractivity contribution is 7.80. The van der Waals surface area contributed by atoms with Crippen molar-refractivity contribution < 1.29 is 4.92 Å². The molecule has 5 nitrogen and oxygen atoms in total. The number of nitro benzene ring substituents is 1. The highest BCUT2D eigenvalue weighted by Crippen LogP contribution is 2.21. The second-order valence-electron chi connectivity index (χ2n) is 3.02. The number of hydrogen-bond acceptors (Lipinski definition) is 4. The summed E-state index contributed by atoms with van der Waals surface area (Å²) in [6.07, 6.45) is 0. The maximum atomic E-state index is 10.6. The molecule has 0 spiro atoms. The number of fused-ring (bicyclic) bond motifs is 1. The number of H-pyrrole nitrogens is 1. The van der Waals surface area contributed by atoms with E-state index in [0.717, 1.165) is 0 Å². The van der Waals surface area contributed by atoms with Gasteiger partial charge < -0.3 is 0 Å². The summed E-state index contributed by atoms with van der Waals surface area (Å²) in [6, 6.07) is 4.47. The van der Waals surface area contributed by atoms with Gasteiger partial charge in [0.25, 0.3) is 5.69 Å². The summed E-state index contributed by atoms with van der Waals surface area (Å²) in [5.41, 5.74) is 1.27. The van der Waals surface area contributed by atoms with Gasteiger partial charge >= 0.3 is 0 Å². The Hall–Kier alpha value is -2.00. The minimum atomic E-state index is -0.442. The molecule has 16 heavy (non-hydrogen) atoms. The molecule has 0 radical (unpaired) electrons. The Morgan fingerprint density at radius 3 is 3.06 bits per heavy atom. The van der Waals surface area contributed by atoms with Gasteiger partial charge in [-0.2, -0.15) is 17.7 Å². The summed E-state index contributed by atoms with van der Waals surface area (Å²) >= 11 is 3.96. The number of nitrogens with zero attached hydrogens (tertiary/aromatic N) is 2. The molecule has 1 aromatic heterocycles. The van der Waals surface area contributed by atoms with E-state index in [9.17, 15) is 10.1 Å². The lowest BCUT2D eigenvalue weighted by Gasteiger charge is -1.90. The standard InChI is InChI=1S/C10H7N3O2S/c14-13(15)7-3-4-10-8(6-7)9(11-12-10)2-1-5-16/h3-4,6,16H,5H2,(H,11,12). The third-order valence-electron chi connectivity index (χ3n) is 2.04. The molecule has 0 saturated carbocycles.